The van der Waals surface area contributed by atoms with Crippen molar-refractivity contribution in [3.8, 4) is 0 Å². The molecule has 0 amide bonds. The van der Waals surface area contributed by atoms with Crippen LogP contribution in [-0.4, -0.2) is 10.7 Å². The second-order valence-electron chi connectivity index (χ2n) is 3.88. The van der Waals surface area contributed by atoms with Crippen LogP contribution in [0.3, 0.4) is 0 Å². The molecule has 0 bridgehead atoms. The van der Waals surface area contributed by atoms with Crippen LogP contribution in [-0.2, 0) is 0 Å². The van der Waals surface area contributed by atoms with Crippen LogP contribution in [0.2, 0.25) is 0 Å². The van der Waals surface area contributed by atoms with Gasteiger partial charge in [-0.3, -0.25) is 0 Å². The zero-order valence-electron chi connectivity index (χ0n) is 7.15. The fourth-order valence-electron chi connectivity index (χ4n) is 0.530. The Bertz CT molecular complexity index is 87.2. The van der Waals surface area contributed by atoms with Gasteiger partial charge in [-0.15, -0.1) is 0 Å². The fourth-order valence-corrected chi connectivity index (χ4v) is 0.530. The van der Waals surface area contributed by atoms with E-state index >= 15 is 0 Å². The lowest BCUT2D eigenvalue weighted by Crippen LogP contribution is -2.38. The summed E-state index contributed by atoms with van der Waals surface area (Å²) in [6.45, 7) is 10.0. The molecule has 0 aliphatic rings. The van der Waals surface area contributed by atoms with Crippen LogP contribution >= 0.6 is 0 Å². The monoisotopic (exact) mass is 130 g/mol. The van der Waals surface area contributed by atoms with Crippen molar-refractivity contribution in [1.29, 1.82) is 0 Å². The van der Waals surface area contributed by atoms with Crippen molar-refractivity contribution in [3.05, 3.63) is 0 Å². The second-order valence-corrected chi connectivity index (χ2v) is 3.88. The van der Waals surface area contributed by atoms with Crippen molar-refractivity contribution in [1.82, 2.24) is 0 Å². The van der Waals surface area contributed by atoms with Crippen molar-refractivity contribution in [2.45, 2.75) is 46.6 Å². The highest BCUT2D eigenvalue weighted by atomic mass is 16.3. The summed E-state index contributed by atoms with van der Waals surface area (Å²) in [5.74, 6) is 0. The van der Waals surface area contributed by atoms with Gasteiger partial charge >= 0.3 is 0 Å². The van der Waals surface area contributed by atoms with Crippen LogP contribution in [0.4, 0.5) is 0 Å². The Hall–Kier alpha value is -0.0400. The van der Waals surface area contributed by atoms with Gasteiger partial charge in [-0.05, 0) is 18.8 Å². The van der Waals surface area contributed by atoms with Crippen molar-refractivity contribution >= 4 is 0 Å². The summed E-state index contributed by atoms with van der Waals surface area (Å²) in [6.07, 6.45) is 0.816. The van der Waals surface area contributed by atoms with Gasteiger partial charge in [-0.1, -0.05) is 27.7 Å². The van der Waals surface area contributed by atoms with Crippen molar-refractivity contribution < 1.29 is 5.11 Å². The Labute approximate surface area is 58.1 Å². The SMILES string of the molecule is CC[C@](C)(O)C(C)(C)C. The Kier molecular flexibility index (Phi) is 2.29. The first kappa shape index (κ1) is 8.96. The molecular weight excluding hydrogens is 112 g/mol. The lowest BCUT2D eigenvalue weighted by Gasteiger charge is -2.36. The molecule has 0 spiro atoms. The van der Waals surface area contributed by atoms with Gasteiger partial charge in [-0.2, -0.15) is 0 Å². The highest BCUT2D eigenvalue weighted by Gasteiger charge is 2.32. The average Bonchev–Trinajstić information content (AvgIpc) is 1.64. The van der Waals surface area contributed by atoms with Crippen LogP contribution in [0.15, 0.2) is 0 Å². The Morgan fingerprint density at radius 2 is 1.44 bits per heavy atom. The van der Waals surface area contributed by atoms with E-state index in [1.807, 2.05) is 13.8 Å². The van der Waals surface area contributed by atoms with E-state index in [4.69, 9.17) is 0 Å². The third kappa shape index (κ3) is 1.98. The third-order valence-corrected chi connectivity index (χ3v) is 2.30. The van der Waals surface area contributed by atoms with Crippen LogP contribution < -0.4 is 0 Å². The molecule has 0 fully saturated rings. The quantitative estimate of drug-likeness (QED) is 0.577. The lowest BCUT2D eigenvalue weighted by atomic mass is 9.76. The van der Waals surface area contributed by atoms with Crippen LogP contribution in [0.25, 0.3) is 0 Å². The lowest BCUT2D eigenvalue weighted by molar-refractivity contribution is -0.0440. The molecule has 0 radical (unpaired) electrons. The molecule has 0 aromatic heterocycles. The summed E-state index contributed by atoms with van der Waals surface area (Å²) in [5.41, 5.74) is -0.519. The smallest absolute Gasteiger partial charge is 0.0665 e. The molecule has 1 atom stereocenters. The Morgan fingerprint density at radius 1 is 1.11 bits per heavy atom. The first-order chi connectivity index (χ1) is 3.81. The van der Waals surface area contributed by atoms with E-state index in [9.17, 15) is 5.11 Å². The Balaban J connectivity index is 4.14. The normalized spacial score (nSPS) is 19.3. The highest BCUT2D eigenvalue weighted by molar-refractivity contribution is 4.84. The molecule has 1 nitrogen and oxygen atoms in total. The van der Waals surface area contributed by atoms with E-state index in [1.165, 1.54) is 0 Å². The van der Waals surface area contributed by atoms with Crippen molar-refractivity contribution in [2.75, 3.05) is 0 Å². The first-order valence-electron chi connectivity index (χ1n) is 3.53. The summed E-state index contributed by atoms with van der Waals surface area (Å²) < 4.78 is 0. The molecule has 0 unspecified atom stereocenters. The summed E-state index contributed by atoms with van der Waals surface area (Å²) in [4.78, 5) is 0. The molecule has 0 heterocycles. The molecule has 56 valence electrons. The standard InChI is InChI=1S/C8H18O/c1-6-8(5,9)7(2,3)4/h9H,6H2,1-5H3/t8-/m0/s1. The fraction of sp³-hybridized carbons (Fsp3) is 1.00. The predicted octanol–water partition coefficient (Wildman–Crippen LogP) is 2.19. The second kappa shape index (κ2) is 2.30. The first-order valence-corrected chi connectivity index (χ1v) is 3.53. The molecule has 1 heteroatoms. The maximum absolute atomic E-state index is 9.66. The van der Waals surface area contributed by atoms with Crippen LogP contribution in [0.5, 0.6) is 0 Å². The van der Waals surface area contributed by atoms with Gasteiger partial charge in [0.1, 0.15) is 0 Å². The van der Waals surface area contributed by atoms with E-state index in [-0.39, 0.29) is 5.41 Å². The average molecular weight is 130 g/mol. The number of aliphatic hydroxyl groups is 1. The summed E-state index contributed by atoms with van der Waals surface area (Å²) in [7, 11) is 0. The molecule has 0 saturated heterocycles. The van der Waals surface area contributed by atoms with Gasteiger partial charge < -0.3 is 5.11 Å². The summed E-state index contributed by atoms with van der Waals surface area (Å²) in [6, 6.07) is 0. The number of hydrogen-bond donors (Lipinski definition) is 1. The summed E-state index contributed by atoms with van der Waals surface area (Å²) in [5, 5.41) is 9.66. The minimum atomic E-state index is -0.521. The van der Waals surface area contributed by atoms with Gasteiger partial charge in [0.2, 0.25) is 0 Å². The van der Waals surface area contributed by atoms with E-state index in [0.717, 1.165) is 6.42 Å². The molecular formula is C8H18O. The van der Waals surface area contributed by atoms with Gasteiger partial charge in [-0.25, -0.2) is 0 Å². The molecule has 0 aliphatic heterocycles. The molecule has 1 N–H and O–H groups in total. The zero-order chi connectivity index (χ0) is 7.71. The minimum absolute atomic E-state index is 0.00174. The van der Waals surface area contributed by atoms with E-state index in [2.05, 4.69) is 20.8 Å². The zero-order valence-corrected chi connectivity index (χ0v) is 7.15. The molecule has 0 aliphatic carbocycles. The maximum atomic E-state index is 9.66. The topological polar surface area (TPSA) is 20.2 Å². The van der Waals surface area contributed by atoms with Gasteiger partial charge in [0.05, 0.1) is 5.60 Å². The molecule has 9 heavy (non-hydrogen) atoms. The van der Waals surface area contributed by atoms with Gasteiger partial charge in [0.15, 0.2) is 0 Å². The van der Waals surface area contributed by atoms with Crippen molar-refractivity contribution in [3.63, 3.8) is 0 Å². The molecule has 0 rings (SSSR count). The van der Waals surface area contributed by atoms with Crippen molar-refractivity contribution in [2.24, 2.45) is 5.41 Å². The van der Waals surface area contributed by atoms with Crippen LogP contribution in [0.1, 0.15) is 41.0 Å². The van der Waals surface area contributed by atoms with Gasteiger partial charge in [0.25, 0.3) is 0 Å². The largest absolute Gasteiger partial charge is 0.390 e. The van der Waals surface area contributed by atoms with Gasteiger partial charge in [0, 0.05) is 0 Å². The highest BCUT2D eigenvalue weighted by Crippen LogP contribution is 2.31. The molecule has 0 saturated carbocycles. The third-order valence-electron chi connectivity index (χ3n) is 2.30. The van der Waals surface area contributed by atoms with E-state index < -0.39 is 5.60 Å². The molecule has 0 aromatic rings. The predicted molar refractivity (Wildman–Crippen MR) is 40.4 cm³/mol. The summed E-state index contributed by atoms with van der Waals surface area (Å²) >= 11 is 0. The minimum Gasteiger partial charge on any atom is -0.390 e. The van der Waals surface area contributed by atoms with E-state index in [1.54, 1.807) is 0 Å². The number of hydrogen-bond acceptors (Lipinski definition) is 1. The van der Waals surface area contributed by atoms with E-state index in [0.29, 0.717) is 0 Å². The maximum Gasteiger partial charge on any atom is 0.0665 e. The number of rotatable bonds is 1. The van der Waals surface area contributed by atoms with Crippen LogP contribution in [0, 0.1) is 5.41 Å². The Morgan fingerprint density at radius 3 is 1.44 bits per heavy atom. The molecule has 0 aromatic carbocycles.